The molecule has 0 saturated carbocycles. The highest BCUT2D eigenvalue weighted by Crippen LogP contribution is 1.94. The minimum atomic E-state index is -0.270. The summed E-state index contributed by atoms with van der Waals surface area (Å²) in [5.41, 5.74) is 0. The topological polar surface area (TPSA) is 15.3 Å². The Hall–Kier alpha value is -0.150. The summed E-state index contributed by atoms with van der Waals surface area (Å²) in [6, 6.07) is 0.585. The molecule has 0 fully saturated rings. The summed E-state index contributed by atoms with van der Waals surface area (Å²) < 4.78 is 11.7. The van der Waals surface area contributed by atoms with E-state index in [1.54, 1.807) is 0 Å². The molecule has 0 spiro atoms. The lowest BCUT2D eigenvalue weighted by Crippen LogP contribution is -2.37. The van der Waals surface area contributed by atoms with E-state index in [0.717, 1.165) is 19.6 Å². The van der Waals surface area contributed by atoms with Gasteiger partial charge in [-0.05, 0) is 20.4 Å². The molecule has 0 radical (unpaired) electrons. The number of rotatable bonds is 7. The van der Waals surface area contributed by atoms with Crippen LogP contribution in [0.15, 0.2) is 0 Å². The SMILES string of the molecule is CCN(CCNCCF)C(C)C. The van der Waals surface area contributed by atoms with Crippen LogP contribution >= 0.6 is 0 Å². The maximum Gasteiger partial charge on any atom is 0.102 e. The first-order chi connectivity index (χ1) is 5.72. The second-order valence-corrected chi connectivity index (χ2v) is 3.16. The van der Waals surface area contributed by atoms with Gasteiger partial charge in [-0.1, -0.05) is 6.92 Å². The number of nitrogens with one attached hydrogen (secondary N) is 1. The van der Waals surface area contributed by atoms with Gasteiger partial charge in [-0.15, -0.1) is 0 Å². The van der Waals surface area contributed by atoms with Crippen molar-refractivity contribution in [2.45, 2.75) is 26.8 Å². The average Bonchev–Trinajstić information content (AvgIpc) is 2.04. The van der Waals surface area contributed by atoms with Crippen molar-refractivity contribution in [3.63, 3.8) is 0 Å². The maximum absolute atomic E-state index is 11.7. The molecule has 0 unspecified atom stereocenters. The summed E-state index contributed by atoms with van der Waals surface area (Å²) in [4.78, 5) is 2.35. The number of halogens is 1. The van der Waals surface area contributed by atoms with Gasteiger partial charge in [0, 0.05) is 25.7 Å². The number of likely N-dealkylation sites (N-methyl/N-ethyl adjacent to an activating group) is 1. The fraction of sp³-hybridized carbons (Fsp3) is 1.00. The van der Waals surface area contributed by atoms with Gasteiger partial charge in [-0.3, -0.25) is 4.90 Å². The summed E-state index contributed by atoms with van der Waals surface area (Å²) in [5.74, 6) is 0. The molecular formula is C9H21FN2. The van der Waals surface area contributed by atoms with Crippen molar-refractivity contribution >= 4 is 0 Å². The summed E-state index contributed by atoms with van der Waals surface area (Å²) in [6.45, 7) is 9.68. The molecule has 0 aromatic carbocycles. The fourth-order valence-electron chi connectivity index (χ4n) is 1.20. The highest BCUT2D eigenvalue weighted by molar-refractivity contribution is 4.61. The molecule has 0 amide bonds. The van der Waals surface area contributed by atoms with Crippen LogP contribution in [0.5, 0.6) is 0 Å². The van der Waals surface area contributed by atoms with Crippen LogP contribution in [0.25, 0.3) is 0 Å². The van der Waals surface area contributed by atoms with E-state index in [0.29, 0.717) is 12.6 Å². The molecule has 0 aliphatic rings. The normalized spacial score (nSPS) is 11.5. The molecule has 0 aromatic rings. The Morgan fingerprint density at radius 1 is 1.33 bits per heavy atom. The standard InChI is InChI=1S/C9H21FN2/c1-4-12(9(2)3)8-7-11-6-5-10/h9,11H,4-8H2,1-3H3. The quantitative estimate of drug-likeness (QED) is 0.588. The smallest absolute Gasteiger partial charge is 0.102 e. The third-order valence-electron chi connectivity index (χ3n) is 1.98. The van der Waals surface area contributed by atoms with Crippen molar-refractivity contribution in [2.24, 2.45) is 0 Å². The van der Waals surface area contributed by atoms with Gasteiger partial charge in [-0.2, -0.15) is 0 Å². The molecule has 3 heteroatoms. The van der Waals surface area contributed by atoms with Gasteiger partial charge in [0.1, 0.15) is 6.67 Å². The Labute approximate surface area is 75.1 Å². The zero-order valence-electron chi connectivity index (χ0n) is 8.44. The molecule has 0 aliphatic carbocycles. The van der Waals surface area contributed by atoms with Gasteiger partial charge in [0.15, 0.2) is 0 Å². The number of hydrogen-bond donors (Lipinski definition) is 1. The van der Waals surface area contributed by atoms with Crippen LogP contribution in [0.3, 0.4) is 0 Å². The van der Waals surface area contributed by atoms with Crippen molar-refractivity contribution in [3.8, 4) is 0 Å². The van der Waals surface area contributed by atoms with Crippen molar-refractivity contribution in [1.29, 1.82) is 0 Å². The summed E-state index contributed by atoms with van der Waals surface area (Å²) in [7, 11) is 0. The van der Waals surface area contributed by atoms with Crippen molar-refractivity contribution in [3.05, 3.63) is 0 Å². The second-order valence-electron chi connectivity index (χ2n) is 3.16. The van der Waals surface area contributed by atoms with Gasteiger partial charge in [0.25, 0.3) is 0 Å². The van der Waals surface area contributed by atoms with E-state index in [1.165, 1.54) is 0 Å². The number of nitrogens with zero attached hydrogens (tertiary/aromatic N) is 1. The number of alkyl halides is 1. The van der Waals surface area contributed by atoms with Crippen molar-refractivity contribution in [1.82, 2.24) is 10.2 Å². The highest BCUT2D eigenvalue weighted by atomic mass is 19.1. The molecule has 0 heterocycles. The van der Waals surface area contributed by atoms with E-state index in [-0.39, 0.29) is 6.67 Å². The second kappa shape index (κ2) is 7.50. The summed E-state index contributed by atoms with van der Waals surface area (Å²) in [6.07, 6.45) is 0. The number of hydrogen-bond acceptors (Lipinski definition) is 2. The van der Waals surface area contributed by atoms with E-state index >= 15 is 0 Å². The lowest BCUT2D eigenvalue weighted by Gasteiger charge is -2.24. The molecule has 0 bridgehead atoms. The van der Waals surface area contributed by atoms with E-state index in [1.807, 2.05) is 0 Å². The van der Waals surface area contributed by atoms with E-state index in [4.69, 9.17) is 0 Å². The molecule has 0 atom stereocenters. The molecule has 12 heavy (non-hydrogen) atoms. The monoisotopic (exact) mass is 176 g/mol. The predicted molar refractivity (Wildman–Crippen MR) is 51.2 cm³/mol. The largest absolute Gasteiger partial charge is 0.313 e. The highest BCUT2D eigenvalue weighted by Gasteiger charge is 2.04. The molecule has 1 N–H and O–H groups in total. The lowest BCUT2D eigenvalue weighted by molar-refractivity contribution is 0.233. The van der Waals surface area contributed by atoms with Crippen LogP contribution in [0.2, 0.25) is 0 Å². The van der Waals surface area contributed by atoms with E-state index < -0.39 is 0 Å². The van der Waals surface area contributed by atoms with Crippen LogP contribution in [-0.2, 0) is 0 Å². The molecule has 2 nitrogen and oxygen atoms in total. The summed E-state index contributed by atoms with van der Waals surface area (Å²) in [5, 5.41) is 3.04. The zero-order valence-corrected chi connectivity index (χ0v) is 8.44. The lowest BCUT2D eigenvalue weighted by atomic mass is 10.3. The molecule has 0 aliphatic heterocycles. The summed E-state index contributed by atoms with van der Waals surface area (Å²) >= 11 is 0. The van der Waals surface area contributed by atoms with Crippen molar-refractivity contribution < 1.29 is 4.39 Å². The van der Waals surface area contributed by atoms with Gasteiger partial charge in [0.2, 0.25) is 0 Å². The minimum Gasteiger partial charge on any atom is -0.313 e. The first-order valence-electron chi connectivity index (χ1n) is 4.73. The first-order valence-corrected chi connectivity index (χ1v) is 4.73. The zero-order chi connectivity index (χ0) is 9.40. The first kappa shape index (κ1) is 11.8. The fourth-order valence-corrected chi connectivity index (χ4v) is 1.20. The average molecular weight is 176 g/mol. The molecule has 74 valence electrons. The molecule has 0 rings (SSSR count). The molecule has 0 saturated heterocycles. The van der Waals surface area contributed by atoms with Crippen molar-refractivity contribution in [2.75, 3.05) is 32.9 Å². The predicted octanol–water partition coefficient (Wildman–Crippen LogP) is 1.28. The Kier molecular flexibility index (Phi) is 7.40. The Morgan fingerprint density at radius 3 is 2.42 bits per heavy atom. The molecule has 0 aromatic heterocycles. The van der Waals surface area contributed by atoms with Crippen LogP contribution < -0.4 is 5.32 Å². The van der Waals surface area contributed by atoms with Gasteiger partial charge < -0.3 is 5.32 Å². The maximum atomic E-state index is 11.7. The van der Waals surface area contributed by atoms with Gasteiger partial charge in [-0.25, -0.2) is 4.39 Å². The van der Waals surface area contributed by atoms with Crippen LogP contribution in [0, 0.1) is 0 Å². The Balaban J connectivity index is 3.32. The van der Waals surface area contributed by atoms with Crippen LogP contribution in [-0.4, -0.2) is 43.8 Å². The van der Waals surface area contributed by atoms with E-state index in [9.17, 15) is 4.39 Å². The Morgan fingerprint density at radius 2 is 2.00 bits per heavy atom. The Bertz CT molecular complexity index is 96.5. The third-order valence-corrected chi connectivity index (χ3v) is 1.98. The van der Waals surface area contributed by atoms with E-state index in [2.05, 4.69) is 31.0 Å². The van der Waals surface area contributed by atoms with Crippen LogP contribution in [0.4, 0.5) is 4.39 Å². The third kappa shape index (κ3) is 5.49. The van der Waals surface area contributed by atoms with Gasteiger partial charge in [0.05, 0.1) is 0 Å². The van der Waals surface area contributed by atoms with Crippen LogP contribution in [0.1, 0.15) is 20.8 Å². The molecular weight excluding hydrogens is 155 g/mol. The van der Waals surface area contributed by atoms with Gasteiger partial charge >= 0.3 is 0 Å². The minimum absolute atomic E-state index is 0.270.